The molecule has 180 valence electrons. The zero-order valence-corrected chi connectivity index (χ0v) is 19.4. The van der Waals surface area contributed by atoms with Gasteiger partial charge in [-0.05, 0) is 62.9 Å². The highest BCUT2D eigenvalue weighted by Gasteiger charge is 2.42. The number of hydrogen-bond acceptors (Lipinski definition) is 9. The number of aromatic amines is 1. The van der Waals surface area contributed by atoms with Crippen LogP contribution >= 0.6 is 11.0 Å². The maximum absolute atomic E-state index is 12.4. The summed E-state index contributed by atoms with van der Waals surface area (Å²) in [5, 5.41) is 0. The summed E-state index contributed by atoms with van der Waals surface area (Å²) < 4.78 is 34.7. The Morgan fingerprint density at radius 3 is 2.27 bits per heavy atom. The monoisotopic (exact) mass is 482 g/mol. The zero-order valence-electron chi connectivity index (χ0n) is 18.6. The Kier molecular flexibility index (Phi) is 6.58. The number of aromatic nitrogens is 2. The molecule has 1 fully saturated rings. The fourth-order valence-corrected chi connectivity index (χ4v) is 4.65. The van der Waals surface area contributed by atoms with Gasteiger partial charge in [-0.15, -0.1) is 0 Å². The van der Waals surface area contributed by atoms with Crippen molar-refractivity contribution in [3.63, 3.8) is 0 Å². The van der Waals surface area contributed by atoms with Crippen LogP contribution in [0.2, 0.25) is 0 Å². The average molecular weight is 483 g/mol. The third-order valence-corrected chi connectivity index (χ3v) is 6.46. The molecule has 1 aromatic heterocycles. The lowest BCUT2D eigenvalue weighted by molar-refractivity contribution is 0.0392. The number of benzene rings is 1. The van der Waals surface area contributed by atoms with Crippen molar-refractivity contribution < 1.29 is 28.2 Å². The molecule has 0 radical (unpaired) electrons. The second-order valence-electron chi connectivity index (χ2n) is 8.08. The van der Waals surface area contributed by atoms with E-state index in [4.69, 9.17) is 9.47 Å². The molecule has 0 unspecified atom stereocenters. The molecule has 1 aliphatic heterocycles. The number of ether oxygens (including phenoxy) is 2. The van der Waals surface area contributed by atoms with E-state index in [2.05, 4.69) is 4.98 Å². The number of esters is 1. The number of hydrogen-bond donors (Lipinski definition) is 3. The third kappa shape index (κ3) is 5.05. The van der Waals surface area contributed by atoms with Crippen molar-refractivity contribution in [1.82, 2.24) is 13.9 Å². The number of carbonyl (C=O) groups excluding carboxylic acids is 2. The fraction of sp³-hybridized carbons (Fsp3) is 0.400. The lowest BCUT2D eigenvalue weighted by atomic mass is 10.2. The van der Waals surface area contributed by atoms with Gasteiger partial charge in [-0.2, -0.15) is 4.31 Å². The molecule has 2 aromatic rings. The van der Waals surface area contributed by atoms with Crippen molar-refractivity contribution in [2.75, 3.05) is 24.0 Å². The molecule has 1 aliphatic rings. The summed E-state index contributed by atoms with van der Waals surface area (Å²) >= 11 is 0. The summed E-state index contributed by atoms with van der Waals surface area (Å²) in [5.74, 6) is -0.864. The van der Waals surface area contributed by atoms with E-state index < -0.39 is 39.9 Å². The minimum atomic E-state index is -3.65. The SMILES string of the molecule is CCOC(=O)c1cn(-c2ccc(N3CCN(C(=O)OC(C)(C)C)S3(O)O)cc2)c(=O)[nH]c1=O. The highest BCUT2D eigenvalue weighted by atomic mass is 32.3. The van der Waals surface area contributed by atoms with Gasteiger partial charge in [0, 0.05) is 6.20 Å². The first-order valence-corrected chi connectivity index (χ1v) is 11.5. The molecule has 1 amide bonds. The Morgan fingerprint density at radius 1 is 1.09 bits per heavy atom. The van der Waals surface area contributed by atoms with E-state index in [0.717, 1.165) is 15.1 Å². The largest absolute Gasteiger partial charge is 0.462 e. The van der Waals surface area contributed by atoms with E-state index in [1.165, 1.54) is 28.6 Å². The van der Waals surface area contributed by atoms with Gasteiger partial charge in [0.1, 0.15) is 11.2 Å². The number of rotatable bonds is 4. The quantitative estimate of drug-likeness (QED) is 0.557. The standard InChI is InChI=1S/C20H26N4O8S/c1-5-31-17(26)15-12-22(18(27)21-16(15)25)13-6-8-14(9-7-13)23-10-11-24(33(23,29)30)19(28)32-20(2,3)4/h6-9,12,29-30H,5,10-11H2,1-4H3,(H,21,25,27). The van der Waals surface area contributed by atoms with Crippen LogP contribution in [-0.4, -0.2) is 60.3 Å². The summed E-state index contributed by atoms with van der Waals surface area (Å²) in [6.07, 6.45) is 0.245. The maximum atomic E-state index is 12.4. The Balaban J connectivity index is 1.88. The highest BCUT2D eigenvalue weighted by molar-refractivity contribution is 8.24. The van der Waals surface area contributed by atoms with Crippen LogP contribution in [0.15, 0.2) is 40.1 Å². The van der Waals surface area contributed by atoms with E-state index in [9.17, 15) is 28.3 Å². The smallest absolute Gasteiger partial charge is 0.430 e. The van der Waals surface area contributed by atoms with Gasteiger partial charge in [-0.25, -0.2) is 14.4 Å². The molecule has 13 heteroatoms. The molecular weight excluding hydrogens is 456 g/mol. The van der Waals surface area contributed by atoms with Crippen LogP contribution < -0.4 is 15.6 Å². The van der Waals surface area contributed by atoms with Gasteiger partial charge in [0.2, 0.25) is 0 Å². The number of H-pyrrole nitrogens is 1. The lowest BCUT2D eigenvalue weighted by Crippen LogP contribution is -2.37. The molecule has 3 rings (SSSR count). The number of carbonyl (C=O) groups is 2. The Morgan fingerprint density at radius 2 is 1.70 bits per heavy atom. The van der Waals surface area contributed by atoms with Crippen molar-refractivity contribution >= 4 is 28.7 Å². The van der Waals surface area contributed by atoms with Crippen molar-refractivity contribution in [2.45, 2.75) is 33.3 Å². The minimum absolute atomic E-state index is 0.0429. The van der Waals surface area contributed by atoms with Crippen LogP contribution in [0.5, 0.6) is 0 Å². The Labute approximate surface area is 191 Å². The third-order valence-electron chi connectivity index (χ3n) is 4.55. The number of nitrogens with one attached hydrogen (secondary N) is 1. The number of anilines is 1. The average Bonchev–Trinajstić information content (AvgIpc) is 3.02. The molecule has 2 heterocycles. The first-order valence-electron chi connectivity index (χ1n) is 10.1. The van der Waals surface area contributed by atoms with E-state index in [0.29, 0.717) is 11.4 Å². The Bertz CT molecular complexity index is 1170. The van der Waals surface area contributed by atoms with Gasteiger partial charge >= 0.3 is 17.8 Å². The molecule has 3 N–H and O–H groups in total. The molecule has 0 spiro atoms. The second kappa shape index (κ2) is 8.92. The Hall–Kier alpha value is -3.29. The molecule has 1 aromatic carbocycles. The molecule has 1 saturated heterocycles. The molecule has 33 heavy (non-hydrogen) atoms. The van der Waals surface area contributed by atoms with Crippen molar-refractivity contribution in [2.24, 2.45) is 0 Å². The van der Waals surface area contributed by atoms with E-state index in [-0.39, 0.29) is 25.3 Å². The number of amides is 1. The topological polar surface area (TPSA) is 154 Å². The van der Waals surface area contributed by atoms with Gasteiger partial charge in [0.05, 0.1) is 31.1 Å². The summed E-state index contributed by atoms with van der Waals surface area (Å²) in [7, 11) is -3.65. The van der Waals surface area contributed by atoms with Gasteiger partial charge in [0.25, 0.3) is 5.56 Å². The van der Waals surface area contributed by atoms with Crippen molar-refractivity contribution in [3.8, 4) is 5.69 Å². The summed E-state index contributed by atoms with van der Waals surface area (Å²) in [6, 6.07) is 6.03. The van der Waals surface area contributed by atoms with Crippen LogP contribution in [0.1, 0.15) is 38.1 Å². The zero-order chi connectivity index (χ0) is 24.6. The van der Waals surface area contributed by atoms with Crippen LogP contribution in [0.3, 0.4) is 0 Å². The lowest BCUT2D eigenvalue weighted by Gasteiger charge is -2.42. The first-order chi connectivity index (χ1) is 15.3. The summed E-state index contributed by atoms with van der Waals surface area (Å²) in [4.78, 5) is 50.6. The number of nitrogens with zero attached hydrogens (tertiary/aromatic N) is 3. The molecule has 0 aliphatic carbocycles. The van der Waals surface area contributed by atoms with E-state index >= 15 is 0 Å². The molecular formula is C20H26N4O8S. The van der Waals surface area contributed by atoms with Crippen LogP contribution in [0.4, 0.5) is 10.5 Å². The summed E-state index contributed by atoms with van der Waals surface area (Å²) in [6.45, 7) is 6.87. The fourth-order valence-electron chi connectivity index (χ4n) is 3.12. The van der Waals surface area contributed by atoms with Crippen molar-refractivity contribution in [1.29, 1.82) is 0 Å². The molecule has 0 atom stereocenters. The van der Waals surface area contributed by atoms with Gasteiger partial charge in [0.15, 0.2) is 0 Å². The molecule has 0 saturated carbocycles. The van der Waals surface area contributed by atoms with Crippen LogP contribution in [0, 0.1) is 0 Å². The van der Waals surface area contributed by atoms with E-state index in [1.54, 1.807) is 27.7 Å². The summed E-state index contributed by atoms with van der Waals surface area (Å²) in [5.41, 5.74) is -2.06. The maximum Gasteiger partial charge on any atom is 0.430 e. The van der Waals surface area contributed by atoms with Gasteiger partial charge < -0.3 is 9.47 Å². The molecule has 12 nitrogen and oxygen atoms in total. The van der Waals surface area contributed by atoms with Gasteiger partial charge in [-0.3, -0.25) is 27.8 Å². The minimum Gasteiger partial charge on any atom is -0.462 e. The van der Waals surface area contributed by atoms with Crippen LogP contribution in [0.25, 0.3) is 5.69 Å². The normalized spacial score (nSPS) is 16.4. The van der Waals surface area contributed by atoms with Gasteiger partial charge in [-0.1, -0.05) is 0 Å². The van der Waals surface area contributed by atoms with E-state index in [1.807, 2.05) is 0 Å². The first kappa shape index (κ1) is 24.4. The second-order valence-corrected chi connectivity index (χ2v) is 9.94. The predicted molar refractivity (Wildman–Crippen MR) is 122 cm³/mol. The van der Waals surface area contributed by atoms with Crippen LogP contribution in [-0.2, 0) is 9.47 Å². The molecule has 0 bridgehead atoms. The predicted octanol–water partition coefficient (Wildman–Crippen LogP) is 2.34. The highest BCUT2D eigenvalue weighted by Crippen LogP contribution is 2.53. The van der Waals surface area contributed by atoms with Crippen molar-refractivity contribution in [3.05, 3.63) is 56.9 Å².